The molecular weight excluding hydrogens is 332 g/mol. The lowest BCUT2D eigenvalue weighted by atomic mass is 9.78. The predicted molar refractivity (Wildman–Crippen MR) is 99.7 cm³/mol. The molecule has 0 bridgehead atoms. The van der Waals surface area contributed by atoms with Gasteiger partial charge in [-0.3, -0.25) is 9.59 Å². The van der Waals surface area contributed by atoms with Gasteiger partial charge in [0.25, 0.3) is 5.91 Å². The van der Waals surface area contributed by atoms with Crippen molar-refractivity contribution in [2.75, 3.05) is 32.4 Å². The van der Waals surface area contributed by atoms with Crippen LogP contribution in [0.2, 0.25) is 0 Å². The topological polar surface area (TPSA) is 40.6 Å². The summed E-state index contributed by atoms with van der Waals surface area (Å²) < 4.78 is 0. The van der Waals surface area contributed by atoms with E-state index in [1.165, 1.54) is 12.8 Å². The van der Waals surface area contributed by atoms with Crippen molar-refractivity contribution in [3.8, 4) is 0 Å². The van der Waals surface area contributed by atoms with Gasteiger partial charge in [-0.05, 0) is 56.4 Å². The number of amides is 2. The molecule has 25 heavy (non-hydrogen) atoms. The van der Waals surface area contributed by atoms with Gasteiger partial charge in [-0.1, -0.05) is 12.1 Å². The van der Waals surface area contributed by atoms with Crippen molar-refractivity contribution in [3.63, 3.8) is 0 Å². The first-order chi connectivity index (χ1) is 12.1. The molecule has 2 aliphatic heterocycles. The molecule has 5 heteroatoms. The highest BCUT2D eigenvalue weighted by Crippen LogP contribution is 2.42. The van der Waals surface area contributed by atoms with Crippen LogP contribution in [0, 0.1) is 11.3 Å². The summed E-state index contributed by atoms with van der Waals surface area (Å²) in [7, 11) is 0. The fourth-order valence-corrected chi connectivity index (χ4v) is 4.94. The number of rotatable bonds is 4. The smallest absolute Gasteiger partial charge is 0.255 e. The summed E-state index contributed by atoms with van der Waals surface area (Å²) in [6.07, 6.45) is 7.36. The lowest BCUT2D eigenvalue weighted by molar-refractivity contribution is -0.145. The van der Waals surface area contributed by atoms with Crippen molar-refractivity contribution < 1.29 is 9.59 Å². The molecule has 4 nitrogen and oxygen atoms in total. The molecule has 1 aliphatic carbocycles. The SMILES string of the molecule is CSc1ccccc1C(=O)N1CC[C@@]2(CCCN(CC3CC3)C2=O)C1. The van der Waals surface area contributed by atoms with E-state index in [1.807, 2.05) is 35.4 Å². The molecule has 4 rings (SSSR count). The highest BCUT2D eigenvalue weighted by Gasteiger charge is 2.50. The molecule has 1 spiro atoms. The van der Waals surface area contributed by atoms with Crippen LogP contribution >= 0.6 is 11.8 Å². The number of carbonyl (C=O) groups excluding carboxylic acids is 2. The molecule has 134 valence electrons. The number of carbonyl (C=O) groups is 2. The first-order valence-corrected chi connectivity index (χ1v) is 10.6. The van der Waals surface area contributed by atoms with E-state index in [0.717, 1.165) is 48.7 Å². The van der Waals surface area contributed by atoms with Gasteiger partial charge in [-0.15, -0.1) is 11.8 Å². The van der Waals surface area contributed by atoms with E-state index >= 15 is 0 Å². The van der Waals surface area contributed by atoms with Gasteiger partial charge in [-0.25, -0.2) is 0 Å². The monoisotopic (exact) mass is 358 g/mol. The third-order valence-electron chi connectivity index (χ3n) is 5.98. The van der Waals surface area contributed by atoms with Crippen LogP contribution in [0.5, 0.6) is 0 Å². The standard InChI is InChI=1S/C20H26N2O2S/c1-25-17-6-3-2-5-16(17)18(23)22-12-10-20(14-22)9-4-11-21(19(20)24)13-15-7-8-15/h2-3,5-6,15H,4,7-14H2,1H3/t20-/m0/s1. The normalized spacial score (nSPS) is 26.5. The second-order valence-electron chi connectivity index (χ2n) is 7.76. The van der Waals surface area contributed by atoms with E-state index in [-0.39, 0.29) is 11.3 Å². The Hall–Kier alpha value is -1.49. The zero-order valence-corrected chi connectivity index (χ0v) is 15.7. The maximum atomic E-state index is 13.1. The van der Waals surface area contributed by atoms with Gasteiger partial charge in [0.05, 0.1) is 11.0 Å². The molecule has 2 saturated heterocycles. The van der Waals surface area contributed by atoms with Gasteiger partial charge in [0.15, 0.2) is 0 Å². The van der Waals surface area contributed by atoms with Crippen LogP contribution in [0.3, 0.4) is 0 Å². The molecule has 0 unspecified atom stereocenters. The molecule has 1 aromatic carbocycles. The highest BCUT2D eigenvalue weighted by atomic mass is 32.2. The van der Waals surface area contributed by atoms with Gasteiger partial charge in [0.2, 0.25) is 5.91 Å². The molecule has 0 N–H and O–H groups in total. The number of likely N-dealkylation sites (tertiary alicyclic amines) is 2. The van der Waals surface area contributed by atoms with E-state index in [4.69, 9.17) is 0 Å². The summed E-state index contributed by atoms with van der Waals surface area (Å²) in [5, 5.41) is 0. The maximum Gasteiger partial charge on any atom is 0.255 e. The summed E-state index contributed by atoms with van der Waals surface area (Å²) in [5.74, 6) is 1.11. The Morgan fingerprint density at radius 2 is 2.04 bits per heavy atom. The third-order valence-corrected chi connectivity index (χ3v) is 6.77. The second-order valence-corrected chi connectivity index (χ2v) is 8.60. The van der Waals surface area contributed by atoms with Crippen LogP contribution in [0.1, 0.15) is 42.5 Å². The molecule has 2 heterocycles. The maximum absolute atomic E-state index is 13.1. The molecule has 1 saturated carbocycles. The Morgan fingerprint density at radius 3 is 2.80 bits per heavy atom. The number of nitrogens with zero attached hydrogens (tertiary/aromatic N) is 2. The Bertz CT molecular complexity index is 688. The van der Waals surface area contributed by atoms with Crippen molar-refractivity contribution in [1.29, 1.82) is 0 Å². The number of piperidine rings is 1. The molecule has 0 aromatic heterocycles. The van der Waals surface area contributed by atoms with Gasteiger partial charge >= 0.3 is 0 Å². The third kappa shape index (κ3) is 3.19. The Labute approximate surface area is 153 Å². The first kappa shape index (κ1) is 17.0. The summed E-state index contributed by atoms with van der Waals surface area (Å²) in [4.78, 5) is 31.2. The summed E-state index contributed by atoms with van der Waals surface area (Å²) in [5.41, 5.74) is 0.446. The molecule has 3 aliphatic rings. The van der Waals surface area contributed by atoms with Crippen LogP contribution in [0.25, 0.3) is 0 Å². The zero-order chi connectivity index (χ0) is 17.4. The largest absolute Gasteiger partial charge is 0.342 e. The fourth-order valence-electron chi connectivity index (χ4n) is 4.35. The van der Waals surface area contributed by atoms with Crippen LogP contribution in [-0.2, 0) is 4.79 Å². The van der Waals surface area contributed by atoms with Crippen molar-refractivity contribution in [3.05, 3.63) is 29.8 Å². The number of benzene rings is 1. The summed E-state index contributed by atoms with van der Waals surface area (Å²) >= 11 is 1.60. The van der Waals surface area contributed by atoms with Crippen molar-refractivity contribution in [2.45, 2.75) is 37.0 Å². The van der Waals surface area contributed by atoms with E-state index in [0.29, 0.717) is 19.0 Å². The lowest BCUT2D eigenvalue weighted by Gasteiger charge is -2.39. The minimum Gasteiger partial charge on any atom is -0.342 e. The Kier molecular flexibility index (Phi) is 4.52. The molecule has 1 atom stereocenters. The van der Waals surface area contributed by atoms with Crippen molar-refractivity contribution in [1.82, 2.24) is 9.80 Å². The molecule has 2 amide bonds. The van der Waals surface area contributed by atoms with Gasteiger partial charge < -0.3 is 9.80 Å². The average molecular weight is 359 g/mol. The van der Waals surface area contributed by atoms with Crippen LogP contribution < -0.4 is 0 Å². The molecule has 3 fully saturated rings. The highest BCUT2D eigenvalue weighted by molar-refractivity contribution is 7.98. The fraction of sp³-hybridized carbons (Fsp3) is 0.600. The number of thioether (sulfide) groups is 1. The minimum atomic E-state index is -0.322. The van der Waals surface area contributed by atoms with Crippen LogP contribution in [-0.4, -0.2) is 54.0 Å². The van der Waals surface area contributed by atoms with Gasteiger partial charge in [-0.2, -0.15) is 0 Å². The number of hydrogen-bond donors (Lipinski definition) is 0. The van der Waals surface area contributed by atoms with Gasteiger partial charge in [0, 0.05) is 31.1 Å². The van der Waals surface area contributed by atoms with E-state index in [9.17, 15) is 9.59 Å². The number of hydrogen-bond acceptors (Lipinski definition) is 3. The Balaban J connectivity index is 1.50. The van der Waals surface area contributed by atoms with E-state index in [2.05, 4.69) is 4.90 Å². The quantitative estimate of drug-likeness (QED) is 0.776. The minimum absolute atomic E-state index is 0.0777. The van der Waals surface area contributed by atoms with Crippen molar-refractivity contribution in [2.24, 2.45) is 11.3 Å². The second kappa shape index (κ2) is 6.67. The average Bonchev–Trinajstić information content (AvgIpc) is 3.36. The molecule has 0 radical (unpaired) electrons. The molecular formula is C20H26N2O2S. The summed E-state index contributed by atoms with van der Waals surface area (Å²) in [6, 6.07) is 7.78. The van der Waals surface area contributed by atoms with Crippen LogP contribution in [0.4, 0.5) is 0 Å². The lowest BCUT2D eigenvalue weighted by Crippen LogP contribution is -2.51. The predicted octanol–water partition coefficient (Wildman–Crippen LogP) is 3.27. The van der Waals surface area contributed by atoms with E-state index < -0.39 is 0 Å². The van der Waals surface area contributed by atoms with Crippen molar-refractivity contribution >= 4 is 23.6 Å². The van der Waals surface area contributed by atoms with Gasteiger partial charge in [0.1, 0.15) is 0 Å². The molecule has 1 aromatic rings. The summed E-state index contributed by atoms with van der Waals surface area (Å²) in [6.45, 7) is 3.13. The first-order valence-electron chi connectivity index (χ1n) is 9.35. The Morgan fingerprint density at radius 1 is 1.24 bits per heavy atom. The van der Waals surface area contributed by atoms with E-state index in [1.54, 1.807) is 11.8 Å². The van der Waals surface area contributed by atoms with Crippen LogP contribution in [0.15, 0.2) is 29.2 Å². The zero-order valence-electron chi connectivity index (χ0n) is 14.9.